The Morgan fingerprint density at radius 1 is 1.27 bits per heavy atom. The number of nitrogens with zero attached hydrogens (tertiary/aromatic N) is 1. The van der Waals surface area contributed by atoms with Crippen molar-refractivity contribution < 1.29 is 4.79 Å². The van der Waals surface area contributed by atoms with Gasteiger partial charge in [0.15, 0.2) is 0 Å². The summed E-state index contributed by atoms with van der Waals surface area (Å²) in [6.07, 6.45) is 3.55. The van der Waals surface area contributed by atoms with E-state index in [1.165, 1.54) is 5.56 Å². The first-order valence-electron chi connectivity index (χ1n) is 5.05. The summed E-state index contributed by atoms with van der Waals surface area (Å²) in [5.74, 6) is 0.299. The zero-order valence-electron chi connectivity index (χ0n) is 9.47. The monoisotopic (exact) mass is 203 g/mol. The van der Waals surface area contributed by atoms with Crippen LogP contribution >= 0.6 is 0 Å². The van der Waals surface area contributed by atoms with Gasteiger partial charge in [-0.1, -0.05) is 43.3 Å². The van der Waals surface area contributed by atoms with Crippen LogP contribution in [0.2, 0.25) is 0 Å². The number of carbonyl (C=O) groups excluding carboxylic acids is 1. The van der Waals surface area contributed by atoms with E-state index in [0.717, 1.165) is 0 Å². The first kappa shape index (κ1) is 11.5. The molecule has 1 unspecified atom stereocenters. The maximum absolute atomic E-state index is 11.3. The lowest BCUT2D eigenvalue weighted by atomic mass is 10.0. The topological polar surface area (TPSA) is 20.3 Å². The molecule has 0 heterocycles. The van der Waals surface area contributed by atoms with Crippen LogP contribution in [0.3, 0.4) is 0 Å². The molecule has 0 aliphatic rings. The summed E-state index contributed by atoms with van der Waals surface area (Å²) in [6, 6.07) is 10.1. The molecule has 2 nitrogen and oxygen atoms in total. The van der Waals surface area contributed by atoms with Gasteiger partial charge in [-0.05, 0) is 17.6 Å². The molecular formula is C13H17NO. The molecule has 1 aromatic rings. The molecule has 0 saturated heterocycles. The van der Waals surface area contributed by atoms with Crippen molar-refractivity contribution in [3.63, 3.8) is 0 Å². The van der Waals surface area contributed by atoms with Gasteiger partial charge in [-0.25, -0.2) is 0 Å². The summed E-state index contributed by atoms with van der Waals surface area (Å²) in [7, 11) is 3.50. The number of rotatable bonds is 3. The van der Waals surface area contributed by atoms with Crippen molar-refractivity contribution in [1.29, 1.82) is 0 Å². The average Bonchev–Trinajstić information content (AvgIpc) is 2.26. The predicted molar refractivity (Wildman–Crippen MR) is 62.7 cm³/mol. The number of carbonyl (C=O) groups is 1. The van der Waals surface area contributed by atoms with Crippen molar-refractivity contribution in [3.05, 3.63) is 48.0 Å². The second kappa shape index (κ2) is 5.35. The molecular weight excluding hydrogens is 186 g/mol. The lowest BCUT2D eigenvalue weighted by molar-refractivity contribution is -0.123. The molecule has 0 saturated carbocycles. The van der Waals surface area contributed by atoms with Crippen molar-refractivity contribution in [2.75, 3.05) is 14.1 Å². The lowest BCUT2D eigenvalue weighted by Crippen LogP contribution is -2.18. The molecule has 1 amide bonds. The highest BCUT2D eigenvalue weighted by Crippen LogP contribution is 2.15. The van der Waals surface area contributed by atoms with Gasteiger partial charge >= 0.3 is 0 Å². The number of allylic oxidation sites excluding steroid dienone is 1. The van der Waals surface area contributed by atoms with E-state index in [-0.39, 0.29) is 11.8 Å². The van der Waals surface area contributed by atoms with Gasteiger partial charge in [0.05, 0.1) is 0 Å². The molecule has 1 atom stereocenters. The number of likely N-dealkylation sites (N-methyl/N-ethyl adjacent to an activating group) is 1. The van der Waals surface area contributed by atoms with Gasteiger partial charge in [-0.3, -0.25) is 4.79 Å². The quantitative estimate of drug-likeness (QED) is 0.691. The number of amides is 1. The Labute approximate surface area is 91.2 Å². The Kier molecular flexibility index (Phi) is 4.10. The largest absolute Gasteiger partial charge is 0.345 e. The Balaban J connectivity index is 2.64. The molecule has 0 bridgehead atoms. The van der Waals surface area contributed by atoms with Crippen LogP contribution in [0.25, 0.3) is 0 Å². The van der Waals surface area contributed by atoms with Gasteiger partial charge in [-0.2, -0.15) is 0 Å². The van der Waals surface area contributed by atoms with Gasteiger partial charge in [0, 0.05) is 14.1 Å². The Morgan fingerprint density at radius 2 is 1.87 bits per heavy atom. The van der Waals surface area contributed by atoms with E-state index in [1.807, 2.05) is 24.3 Å². The molecule has 15 heavy (non-hydrogen) atoms. The zero-order chi connectivity index (χ0) is 11.3. The normalized spacial score (nSPS) is 12.7. The highest BCUT2D eigenvalue weighted by Gasteiger charge is 2.02. The highest BCUT2D eigenvalue weighted by atomic mass is 16.2. The van der Waals surface area contributed by atoms with Crippen LogP contribution in [-0.4, -0.2) is 24.9 Å². The molecule has 1 aromatic carbocycles. The van der Waals surface area contributed by atoms with E-state index >= 15 is 0 Å². The van der Waals surface area contributed by atoms with Crippen LogP contribution < -0.4 is 0 Å². The third-order valence-corrected chi connectivity index (χ3v) is 2.29. The maximum Gasteiger partial charge on any atom is 0.245 e. The van der Waals surface area contributed by atoms with Crippen molar-refractivity contribution >= 4 is 5.91 Å². The second-order valence-electron chi connectivity index (χ2n) is 3.79. The highest BCUT2D eigenvalue weighted by molar-refractivity contribution is 5.87. The van der Waals surface area contributed by atoms with Gasteiger partial charge < -0.3 is 4.90 Å². The molecule has 0 spiro atoms. The summed E-state index contributed by atoms with van der Waals surface area (Å²) >= 11 is 0. The third kappa shape index (κ3) is 3.58. The minimum Gasteiger partial charge on any atom is -0.345 e. The maximum atomic E-state index is 11.3. The fourth-order valence-corrected chi connectivity index (χ4v) is 1.24. The fraction of sp³-hybridized carbons (Fsp3) is 0.308. The van der Waals surface area contributed by atoms with E-state index < -0.39 is 0 Å². The van der Waals surface area contributed by atoms with E-state index in [0.29, 0.717) is 0 Å². The minimum atomic E-state index is 0.0257. The van der Waals surface area contributed by atoms with Crippen molar-refractivity contribution in [3.8, 4) is 0 Å². The average molecular weight is 203 g/mol. The van der Waals surface area contributed by atoms with E-state index in [1.54, 1.807) is 25.1 Å². The van der Waals surface area contributed by atoms with Crippen LogP contribution in [0.4, 0.5) is 0 Å². The van der Waals surface area contributed by atoms with E-state index in [4.69, 9.17) is 0 Å². The molecule has 1 rings (SSSR count). The molecule has 0 aromatic heterocycles. The summed E-state index contributed by atoms with van der Waals surface area (Å²) in [4.78, 5) is 12.9. The van der Waals surface area contributed by atoms with E-state index in [9.17, 15) is 4.79 Å². The van der Waals surface area contributed by atoms with Crippen LogP contribution in [0.5, 0.6) is 0 Å². The summed E-state index contributed by atoms with van der Waals surface area (Å²) < 4.78 is 0. The second-order valence-corrected chi connectivity index (χ2v) is 3.79. The summed E-state index contributed by atoms with van der Waals surface area (Å²) in [5.41, 5.74) is 1.22. The SMILES string of the molecule is CC(/C=C\C(=O)N(C)C)c1ccccc1. The summed E-state index contributed by atoms with van der Waals surface area (Å²) in [6.45, 7) is 2.08. The van der Waals surface area contributed by atoms with Crippen LogP contribution in [0.1, 0.15) is 18.4 Å². The Bertz CT molecular complexity index is 341. The Morgan fingerprint density at radius 3 is 2.40 bits per heavy atom. The minimum absolute atomic E-state index is 0.0257. The Hall–Kier alpha value is -1.57. The molecule has 80 valence electrons. The predicted octanol–water partition coefficient (Wildman–Crippen LogP) is 2.43. The fourth-order valence-electron chi connectivity index (χ4n) is 1.24. The summed E-state index contributed by atoms with van der Waals surface area (Å²) in [5, 5.41) is 0. The lowest BCUT2D eigenvalue weighted by Gasteiger charge is -2.08. The zero-order valence-corrected chi connectivity index (χ0v) is 9.47. The van der Waals surface area contributed by atoms with Crippen LogP contribution in [0.15, 0.2) is 42.5 Å². The van der Waals surface area contributed by atoms with Crippen LogP contribution in [0, 0.1) is 0 Å². The molecule has 2 heteroatoms. The molecule has 0 N–H and O–H groups in total. The molecule has 0 radical (unpaired) electrons. The number of hydrogen-bond donors (Lipinski definition) is 0. The smallest absolute Gasteiger partial charge is 0.245 e. The number of benzene rings is 1. The first-order valence-corrected chi connectivity index (χ1v) is 5.05. The van der Waals surface area contributed by atoms with Crippen molar-refractivity contribution in [1.82, 2.24) is 4.90 Å². The number of hydrogen-bond acceptors (Lipinski definition) is 1. The van der Waals surface area contributed by atoms with Gasteiger partial charge in [0.1, 0.15) is 0 Å². The van der Waals surface area contributed by atoms with Crippen LogP contribution in [-0.2, 0) is 4.79 Å². The van der Waals surface area contributed by atoms with Gasteiger partial charge in [0.2, 0.25) is 5.91 Å². The van der Waals surface area contributed by atoms with Gasteiger partial charge in [-0.15, -0.1) is 0 Å². The first-order chi connectivity index (χ1) is 7.11. The molecule has 0 fully saturated rings. The standard InChI is InChI=1S/C13H17NO/c1-11(9-10-13(15)14(2)3)12-7-5-4-6-8-12/h4-11H,1-3H3/b10-9-. The third-order valence-electron chi connectivity index (χ3n) is 2.29. The molecule has 0 aliphatic heterocycles. The van der Waals surface area contributed by atoms with Crippen molar-refractivity contribution in [2.45, 2.75) is 12.8 Å². The molecule has 0 aliphatic carbocycles. The van der Waals surface area contributed by atoms with E-state index in [2.05, 4.69) is 19.1 Å². The van der Waals surface area contributed by atoms with Gasteiger partial charge in [0.25, 0.3) is 0 Å². The van der Waals surface area contributed by atoms with Crippen molar-refractivity contribution in [2.24, 2.45) is 0 Å².